The van der Waals surface area contributed by atoms with E-state index < -0.39 is 0 Å². The highest BCUT2D eigenvalue weighted by Crippen LogP contribution is 2.27. The minimum atomic E-state index is 0.517. The first-order valence-electron chi connectivity index (χ1n) is 5.98. The van der Waals surface area contributed by atoms with Crippen molar-refractivity contribution in [2.75, 3.05) is 13.7 Å². The molecule has 0 unspecified atom stereocenters. The fraction of sp³-hybridized carbons (Fsp3) is 0.200. The lowest BCUT2D eigenvalue weighted by molar-refractivity contribution is 0.112. The molecule has 0 saturated carbocycles. The highest BCUT2D eigenvalue weighted by molar-refractivity contribution is 5.76. The predicted octanol–water partition coefficient (Wildman–Crippen LogP) is 2.52. The maximum atomic E-state index is 10.8. The maximum absolute atomic E-state index is 10.8. The van der Waals surface area contributed by atoms with Crippen LogP contribution in [0.5, 0.6) is 11.5 Å². The van der Waals surface area contributed by atoms with Crippen LogP contribution in [-0.2, 0) is 6.42 Å². The van der Waals surface area contributed by atoms with Crippen LogP contribution in [0.4, 0.5) is 0 Å². The highest BCUT2D eigenvalue weighted by Gasteiger charge is 2.05. The van der Waals surface area contributed by atoms with E-state index >= 15 is 0 Å². The van der Waals surface area contributed by atoms with Gasteiger partial charge in [-0.1, -0.05) is 0 Å². The van der Waals surface area contributed by atoms with E-state index in [1.54, 1.807) is 37.7 Å². The molecule has 1 aromatic heterocycles. The molecule has 0 bridgehead atoms. The number of ether oxygens (including phenoxy) is 2. The van der Waals surface area contributed by atoms with Crippen molar-refractivity contribution in [3.8, 4) is 11.5 Å². The zero-order valence-corrected chi connectivity index (χ0v) is 10.7. The number of aldehydes is 1. The average molecular weight is 257 g/mol. The first kappa shape index (κ1) is 13.1. The number of carbonyl (C=O) groups excluding carboxylic acids is 1. The van der Waals surface area contributed by atoms with Crippen molar-refractivity contribution in [1.29, 1.82) is 0 Å². The summed E-state index contributed by atoms with van der Waals surface area (Å²) in [7, 11) is 1.58. The van der Waals surface area contributed by atoms with Crippen molar-refractivity contribution < 1.29 is 14.3 Å². The van der Waals surface area contributed by atoms with Crippen LogP contribution >= 0.6 is 0 Å². The zero-order chi connectivity index (χ0) is 13.5. The van der Waals surface area contributed by atoms with E-state index in [-0.39, 0.29) is 0 Å². The van der Waals surface area contributed by atoms with E-state index in [0.717, 1.165) is 18.3 Å². The van der Waals surface area contributed by atoms with Crippen LogP contribution in [0.15, 0.2) is 42.7 Å². The fourth-order valence-electron chi connectivity index (χ4n) is 1.71. The summed E-state index contributed by atoms with van der Waals surface area (Å²) < 4.78 is 10.9. The molecule has 0 amide bonds. The van der Waals surface area contributed by atoms with Crippen molar-refractivity contribution in [2.24, 2.45) is 0 Å². The summed E-state index contributed by atoms with van der Waals surface area (Å²) in [6.45, 7) is 0.517. The number of pyridine rings is 1. The first-order chi connectivity index (χ1) is 9.33. The number of nitrogens with zero attached hydrogens (tertiary/aromatic N) is 1. The van der Waals surface area contributed by atoms with Gasteiger partial charge in [0.15, 0.2) is 11.5 Å². The van der Waals surface area contributed by atoms with Gasteiger partial charge in [-0.2, -0.15) is 0 Å². The second kappa shape index (κ2) is 6.54. The van der Waals surface area contributed by atoms with Gasteiger partial charge < -0.3 is 9.47 Å². The Hall–Kier alpha value is -2.36. The van der Waals surface area contributed by atoms with Crippen molar-refractivity contribution in [2.45, 2.75) is 6.42 Å². The molecule has 98 valence electrons. The second-order valence-electron chi connectivity index (χ2n) is 3.98. The molecule has 0 aliphatic heterocycles. The van der Waals surface area contributed by atoms with E-state index in [4.69, 9.17) is 9.47 Å². The SMILES string of the molecule is COc1ccc(C=O)cc1OCCc1ccncc1. The standard InChI is InChI=1S/C15H15NO3/c1-18-14-3-2-13(11-17)10-15(14)19-9-6-12-4-7-16-8-5-12/h2-5,7-8,10-11H,6,9H2,1H3. The molecule has 1 aromatic carbocycles. The summed E-state index contributed by atoms with van der Waals surface area (Å²) in [4.78, 5) is 14.7. The second-order valence-corrected chi connectivity index (χ2v) is 3.98. The van der Waals surface area contributed by atoms with Crippen LogP contribution in [0.25, 0.3) is 0 Å². The van der Waals surface area contributed by atoms with Crippen molar-refractivity contribution >= 4 is 6.29 Å². The first-order valence-corrected chi connectivity index (χ1v) is 5.98. The Labute approximate surface area is 112 Å². The van der Waals surface area contributed by atoms with Crippen molar-refractivity contribution in [3.63, 3.8) is 0 Å². The van der Waals surface area contributed by atoms with Gasteiger partial charge >= 0.3 is 0 Å². The summed E-state index contributed by atoms with van der Waals surface area (Å²) >= 11 is 0. The summed E-state index contributed by atoms with van der Waals surface area (Å²) in [6.07, 6.45) is 5.07. The smallest absolute Gasteiger partial charge is 0.161 e. The van der Waals surface area contributed by atoms with Gasteiger partial charge in [0.25, 0.3) is 0 Å². The summed E-state index contributed by atoms with van der Waals surface area (Å²) in [5, 5.41) is 0. The molecule has 2 aromatic rings. The maximum Gasteiger partial charge on any atom is 0.161 e. The van der Waals surface area contributed by atoms with Gasteiger partial charge in [-0.15, -0.1) is 0 Å². The van der Waals surface area contributed by atoms with Gasteiger partial charge in [0.05, 0.1) is 13.7 Å². The number of methoxy groups -OCH3 is 1. The monoisotopic (exact) mass is 257 g/mol. The lowest BCUT2D eigenvalue weighted by Gasteiger charge is -2.11. The molecule has 0 aliphatic rings. The third kappa shape index (κ3) is 3.55. The summed E-state index contributed by atoms with van der Waals surface area (Å²) in [5.74, 6) is 1.21. The van der Waals surface area contributed by atoms with E-state index in [1.165, 1.54) is 0 Å². The molecule has 0 saturated heterocycles. The van der Waals surface area contributed by atoms with Crippen LogP contribution in [0.2, 0.25) is 0 Å². The van der Waals surface area contributed by atoms with Gasteiger partial charge in [-0.05, 0) is 35.9 Å². The molecule has 0 atom stereocenters. The predicted molar refractivity (Wildman–Crippen MR) is 71.8 cm³/mol. The Kier molecular flexibility index (Phi) is 4.50. The Morgan fingerprint density at radius 2 is 1.95 bits per heavy atom. The van der Waals surface area contributed by atoms with E-state index in [9.17, 15) is 4.79 Å². The Bertz CT molecular complexity index is 540. The van der Waals surface area contributed by atoms with E-state index in [1.807, 2.05) is 12.1 Å². The largest absolute Gasteiger partial charge is 0.493 e. The van der Waals surface area contributed by atoms with Crippen LogP contribution < -0.4 is 9.47 Å². The number of benzene rings is 1. The normalized spacial score (nSPS) is 9.95. The minimum absolute atomic E-state index is 0.517. The number of aromatic nitrogens is 1. The molecule has 4 heteroatoms. The highest BCUT2D eigenvalue weighted by atomic mass is 16.5. The van der Waals surface area contributed by atoms with E-state index in [0.29, 0.717) is 23.7 Å². The molecule has 0 radical (unpaired) electrons. The van der Waals surface area contributed by atoms with E-state index in [2.05, 4.69) is 4.98 Å². The molecule has 0 aliphatic carbocycles. The third-order valence-corrected chi connectivity index (χ3v) is 2.72. The number of hydrogen-bond donors (Lipinski definition) is 0. The number of hydrogen-bond acceptors (Lipinski definition) is 4. The minimum Gasteiger partial charge on any atom is -0.493 e. The van der Waals surface area contributed by atoms with Crippen LogP contribution in [0, 0.1) is 0 Å². The van der Waals surface area contributed by atoms with Crippen LogP contribution in [0.1, 0.15) is 15.9 Å². The Balaban J connectivity index is 2.00. The van der Waals surface area contributed by atoms with Crippen molar-refractivity contribution in [1.82, 2.24) is 4.98 Å². The lowest BCUT2D eigenvalue weighted by Crippen LogP contribution is -2.03. The lowest BCUT2D eigenvalue weighted by atomic mass is 10.2. The zero-order valence-electron chi connectivity index (χ0n) is 10.7. The Morgan fingerprint density at radius 1 is 1.16 bits per heavy atom. The number of carbonyl (C=O) groups is 1. The van der Waals surface area contributed by atoms with Crippen LogP contribution in [-0.4, -0.2) is 25.0 Å². The molecule has 19 heavy (non-hydrogen) atoms. The van der Waals surface area contributed by atoms with Crippen molar-refractivity contribution in [3.05, 3.63) is 53.9 Å². The molecule has 4 nitrogen and oxygen atoms in total. The molecule has 0 spiro atoms. The topological polar surface area (TPSA) is 48.4 Å². The van der Waals surface area contributed by atoms with Gasteiger partial charge in [-0.25, -0.2) is 0 Å². The van der Waals surface area contributed by atoms with Gasteiger partial charge in [-0.3, -0.25) is 9.78 Å². The third-order valence-electron chi connectivity index (χ3n) is 2.72. The molecule has 0 N–H and O–H groups in total. The van der Waals surface area contributed by atoms with Crippen LogP contribution in [0.3, 0.4) is 0 Å². The molecule has 1 heterocycles. The van der Waals surface area contributed by atoms with Gasteiger partial charge in [0.2, 0.25) is 0 Å². The molecular formula is C15H15NO3. The molecular weight excluding hydrogens is 242 g/mol. The summed E-state index contributed by atoms with van der Waals surface area (Å²) in [5.41, 5.74) is 1.72. The average Bonchev–Trinajstić information content (AvgIpc) is 2.48. The Morgan fingerprint density at radius 3 is 2.63 bits per heavy atom. The fourth-order valence-corrected chi connectivity index (χ4v) is 1.71. The number of rotatable bonds is 6. The van der Waals surface area contributed by atoms with Gasteiger partial charge in [0, 0.05) is 24.4 Å². The molecule has 0 fully saturated rings. The quantitative estimate of drug-likeness (QED) is 0.746. The molecule has 2 rings (SSSR count). The summed E-state index contributed by atoms with van der Waals surface area (Å²) in [6, 6.07) is 9.00. The van der Waals surface area contributed by atoms with Gasteiger partial charge in [0.1, 0.15) is 6.29 Å².